The Morgan fingerprint density at radius 3 is 3.00 bits per heavy atom. The number of rotatable bonds is 10. The van der Waals surface area contributed by atoms with Crippen LogP contribution < -0.4 is 9.98 Å². The lowest BCUT2D eigenvalue weighted by Crippen LogP contribution is -2.39. The largest absolute Gasteiger partial charge is 0.475 e. The lowest BCUT2D eigenvalue weighted by Gasteiger charge is -2.05. The quantitative estimate of drug-likeness (QED) is 0.163. The van der Waals surface area contributed by atoms with E-state index in [1.54, 1.807) is 22.9 Å². The van der Waals surface area contributed by atoms with E-state index in [1.807, 2.05) is 12.3 Å². The molecule has 0 spiro atoms. The number of hydrogen-bond acceptors (Lipinski definition) is 4. The molecule has 0 aliphatic carbocycles. The molecule has 0 saturated heterocycles. The van der Waals surface area contributed by atoms with E-state index in [4.69, 9.17) is 19.6 Å². The highest BCUT2D eigenvalue weighted by Crippen LogP contribution is 1.88. The first kappa shape index (κ1) is 17.4. The van der Waals surface area contributed by atoms with E-state index in [0.29, 0.717) is 12.6 Å². The van der Waals surface area contributed by atoms with E-state index in [1.165, 1.54) is 18.6 Å². The fourth-order valence-corrected chi connectivity index (χ4v) is 1.28. The van der Waals surface area contributed by atoms with E-state index < -0.39 is 0 Å². The summed E-state index contributed by atoms with van der Waals surface area (Å²) in [6.07, 6.45) is 11.1. The zero-order valence-corrected chi connectivity index (χ0v) is 12.3. The lowest BCUT2D eigenvalue weighted by atomic mass is 10.5. The van der Waals surface area contributed by atoms with Crippen molar-refractivity contribution >= 4 is 18.1 Å². The zero-order valence-electron chi connectivity index (χ0n) is 12.3. The van der Waals surface area contributed by atoms with Gasteiger partial charge >= 0.3 is 11.7 Å². The van der Waals surface area contributed by atoms with Crippen LogP contribution in [0.3, 0.4) is 0 Å². The van der Waals surface area contributed by atoms with Gasteiger partial charge < -0.3 is 14.2 Å². The first-order chi connectivity index (χ1) is 10.8. The minimum absolute atomic E-state index is 0.0665. The number of aromatic nitrogens is 2. The molecule has 0 aliphatic rings. The summed E-state index contributed by atoms with van der Waals surface area (Å²) in [6.45, 7) is 7.63. The zero-order chi connectivity index (χ0) is 16.0. The van der Waals surface area contributed by atoms with Crippen molar-refractivity contribution in [2.24, 2.45) is 4.99 Å². The van der Waals surface area contributed by atoms with E-state index in [0.717, 1.165) is 5.82 Å². The minimum Gasteiger partial charge on any atom is -0.475 e. The van der Waals surface area contributed by atoms with Gasteiger partial charge in [0.2, 0.25) is 0 Å². The summed E-state index contributed by atoms with van der Waals surface area (Å²) in [5, 5.41) is 5.41. The van der Waals surface area contributed by atoms with Gasteiger partial charge in [0.1, 0.15) is 12.4 Å². The maximum atomic E-state index is 5.41. The molecule has 2 N–H and O–H groups in total. The molecule has 0 amide bonds. The van der Waals surface area contributed by atoms with Gasteiger partial charge in [-0.25, -0.2) is 4.57 Å². The van der Waals surface area contributed by atoms with Crippen molar-refractivity contribution in [3.05, 3.63) is 55.9 Å². The summed E-state index contributed by atoms with van der Waals surface area (Å²) in [7, 11) is 0. The molecule has 116 valence electrons. The molecule has 22 heavy (non-hydrogen) atoms. The van der Waals surface area contributed by atoms with Crippen molar-refractivity contribution in [3.63, 3.8) is 0 Å². The maximum absolute atomic E-state index is 5.41. The molecule has 1 rings (SSSR count). The Balaban J connectivity index is 2.10. The number of aliphatic imine (C=N–C) groups is 1. The highest BCUT2D eigenvalue weighted by Gasteiger charge is 2.05. The van der Waals surface area contributed by atoms with E-state index >= 15 is 0 Å². The Kier molecular flexibility index (Phi) is 8.76. The SMILES string of the molecule is C=CC(=[NH2+])N=C/C=C\OCOCOC[n+]1cccnc1C=C. The average molecular weight is 304 g/mol. The van der Waals surface area contributed by atoms with Gasteiger partial charge in [-0.05, 0) is 4.98 Å². The van der Waals surface area contributed by atoms with Gasteiger partial charge in [0.15, 0.2) is 20.3 Å². The van der Waals surface area contributed by atoms with Crippen molar-refractivity contribution < 1.29 is 24.2 Å². The van der Waals surface area contributed by atoms with Gasteiger partial charge in [-0.3, -0.25) is 5.41 Å². The molecule has 0 atom stereocenters. The Bertz CT molecular complexity index is 555. The Hall–Kier alpha value is -2.64. The number of ether oxygens (including phenoxy) is 3. The highest BCUT2D eigenvalue weighted by molar-refractivity contribution is 5.95. The molecule has 1 aromatic heterocycles. The summed E-state index contributed by atoms with van der Waals surface area (Å²) >= 11 is 0. The third-order valence-corrected chi connectivity index (χ3v) is 2.28. The predicted molar refractivity (Wildman–Crippen MR) is 82.3 cm³/mol. The van der Waals surface area contributed by atoms with Gasteiger partial charge in [-0.1, -0.05) is 18.2 Å². The number of nitrogens with two attached hydrogens (primary N) is 1. The van der Waals surface area contributed by atoms with E-state index in [2.05, 4.69) is 23.1 Å². The fraction of sp³-hybridized carbons (Fsp3) is 0.200. The van der Waals surface area contributed by atoms with Gasteiger partial charge in [-0.2, -0.15) is 0 Å². The number of allylic oxidation sites excluding steroid dienone is 1. The molecule has 0 unspecified atom stereocenters. The standard InChI is InChI=1S/C15H19N4O3/c1-3-14(16)17-8-6-10-20-12-22-13-21-11-19-9-5-7-18-15(19)4-2/h3-10,16H,1-2,11-13H2/q+1/p+1/b10-6-,16-14?,17-8?. The molecule has 7 heteroatoms. The van der Waals surface area contributed by atoms with Gasteiger partial charge in [0.25, 0.3) is 0 Å². The van der Waals surface area contributed by atoms with Crippen LogP contribution in [-0.2, 0) is 20.9 Å². The molecule has 7 nitrogen and oxygen atoms in total. The molecule has 1 aromatic rings. The van der Waals surface area contributed by atoms with Crippen molar-refractivity contribution in [2.75, 3.05) is 13.6 Å². The lowest BCUT2D eigenvalue weighted by molar-refractivity contribution is -0.738. The summed E-state index contributed by atoms with van der Waals surface area (Å²) in [5.41, 5.74) is 0. The molecule has 0 bridgehead atoms. The van der Waals surface area contributed by atoms with Gasteiger partial charge in [0, 0.05) is 24.3 Å². The van der Waals surface area contributed by atoms with Crippen molar-refractivity contribution in [3.8, 4) is 0 Å². The molecule has 0 fully saturated rings. The number of nitrogens with zero attached hydrogens (tertiary/aromatic N) is 3. The van der Waals surface area contributed by atoms with Crippen LogP contribution >= 0.6 is 0 Å². The normalized spacial score (nSPS) is 10.9. The fourth-order valence-electron chi connectivity index (χ4n) is 1.28. The maximum Gasteiger partial charge on any atom is 0.324 e. The summed E-state index contributed by atoms with van der Waals surface area (Å²) in [4.78, 5) is 7.98. The first-order valence-corrected chi connectivity index (χ1v) is 6.46. The van der Waals surface area contributed by atoms with Gasteiger partial charge in [0.05, 0.1) is 12.5 Å². The Labute approximate surface area is 129 Å². The predicted octanol–water partition coefficient (Wildman–Crippen LogP) is -0.137. The number of hydrogen-bond donors (Lipinski definition) is 1. The van der Waals surface area contributed by atoms with E-state index in [-0.39, 0.29) is 13.6 Å². The summed E-state index contributed by atoms with van der Waals surface area (Å²) < 4.78 is 17.3. The molecule has 0 aromatic carbocycles. The minimum atomic E-state index is 0.0665. The highest BCUT2D eigenvalue weighted by atomic mass is 16.7. The van der Waals surface area contributed by atoms with Crippen LogP contribution in [0.1, 0.15) is 5.82 Å². The Morgan fingerprint density at radius 1 is 1.36 bits per heavy atom. The topological polar surface area (TPSA) is 82.4 Å². The third-order valence-electron chi connectivity index (χ3n) is 2.28. The molecular formula is C15H20N4O3+2. The van der Waals surface area contributed by atoms with Crippen molar-refractivity contribution in [1.29, 1.82) is 0 Å². The van der Waals surface area contributed by atoms with Crippen LogP contribution in [0.5, 0.6) is 0 Å². The monoisotopic (exact) mass is 304 g/mol. The Morgan fingerprint density at radius 2 is 2.23 bits per heavy atom. The van der Waals surface area contributed by atoms with Crippen LogP contribution in [0.2, 0.25) is 0 Å². The van der Waals surface area contributed by atoms with Crippen molar-refractivity contribution in [2.45, 2.75) is 6.73 Å². The molecule has 0 radical (unpaired) electrons. The number of amidine groups is 1. The van der Waals surface area contributed by atoms with Crippen LogP contribution in [-0.4, -0.2) is 30.6 Å². The summed E-state index contributed by atoms with van der Waals surface area (Å²) in [6, 6.07) is 1.81. The average Bonchev–Trinajstić information content (AvgIpc) is 2.56. The smallest absolute Gasteiger partial charge is 0.324 e. The molecule has 1 heterocycles. The first-order valence-electron chi connectivity index (χ1n) is 6.46. The second kappa shape index (κ2) is 11.1. The summed E-state index contributed by atoms with van der Waals surface area (Å²) in [5.74, 6) is 1.05. The molecular weight excluding hydrogens is 284 g/mol. The molecule has 0 aliphatic heterocycles. The molecule has 0 saturated carbocycles. The van der Waals surface area contributed by atoms with Crippen LogP contribution in [0.25, 0.3) is 6.08 Å². The van der Waals surface area contributed by atoms with Gasteiger partial charge in [-0.15, -0.1) is 0 Å². The third kappa shape index (κ3) is 7.22. The second-order valence-electron chi connectivity index (χ2n) is 3.83. The van der Waals surface area contributed by atoms with Crippen molar-refractivity contribution in [1.82, 2.24) is 4.98 Å². The second-order valence-corrected chi connectivity index (χ2v) is 3.83. The van der Waals surface area contributed by atoms with Crippen LogP contribution in [0.15, 0.2) is 55.0 Å². The van der Waals surface area contributed by atoms with Crippen LogP contribution in [0.4, 0.5) is 0 Å². The van der Waals surface area contributed by atoms with E-state index in [9.17, 15) is 0 Å². The van der Waals surface area contributed by atoms with Crippen LogP contribution in [0, 0.1) is 0 Å².